The number of aryl methyl sites for hydroxylation is 2. The molecule has 0 aliphatic carbocycles. The zero-order valence-electron chi connectivity index (χ0n) is 10.2. The van der Waals surface area contributed by atoms with Crippen molar-refractivity contribution >= 4 is 28.1 Å². The molecule has 0 radical (unpaired) electrons. The lowest BCUT2D eigenvalue weighted by Gasteiger charge is -2.03. The van der Waals surface area contributed by atoms with Gasteiger partial charge in [0.15, 0.2) is 0 Å². The second-order valence-corrected chi connectivity index (χ2v) is 5.02. The molecule has 0 atom stereocenters. The molecule has 1 heterocycles. The van der Waals surface area contributed by atoms with Gasteiger partial charge in [0.05, 0.1) is 4.92 Å². The minimum atomic E-state index is -0.481. The molecule has 0 aliphatic heterocycles. The summed E-state index contributed by atoms with van der Waals surface area (Å²) in [5.41, 5.74) is 0.769. The van der Waals surface area contributed by atoms with Crippen molar-refractivity contribution < 1.29 is 9.72 Å². The van der Waals surface area contributed by atoms with E-state index in [0.29, 0.717) is 16.3 Å². The summed E-state index contributed by atoms with van der Waals surface area (Å²) in [6.45, 7) is 3.37. The first-order valence-corrected chi connectivity index (χ1v) is 6.15. The Balaban J connectivity index is 2.20. The van der Waals surface area contributed by atoms with Crippen LogP contribution >= 0.6 is 11.3 Å². The minimum absolute atomic E-state index is 0.0108. The number of amides is 1. The number of nitro benzene ring substituents is 1. The maximum absolute atomic E-state index is 11.9. The summed E-state index contributed by atoms with van der Waals surface area (Å²) in [6.07, 6.45) is 0. The third-order valence-electron chi connectivity index (χ3n) is 2.40. The highest BCUT2D eigenvalue weighted by molar-refractivity contribution is 7.15. The van der Waals surface area contributed by atoms with Gasteiger partial charge < -0.3 is 0 Å². The number of aromatic nitrogens is 2. The average molecular weight is 278 g/mol. The van der Waals surface area contributed by atoms with Crippen molar-refractivity contribution in [3.8, 4) is 0 Å². The largest absolute Gasteiger partial charge is 0.296 e. The van der Waals surface area contributed by atoms with Crippen molar-refractivity contribution in [2.75, 3.05) is 5.32 Å². The molecule has 0 saturated carbocycles. The first kappa shape index (κ1) is 13.1. The van der Waals surface area contributed by atoms with E-state index in [1.165, 1.54) is 29.5 Å². The van der Waals surface area contributed by atoms with Gasteiger partial charge in [-0.15, -0.1) is 10.2 Å². The molecule has 0 fully saturated rings. The smallest absolute Gasteiger partial charge is 0.272 e. The van der Waals surface area contributed by atoms with Gasteiger partial charge in [0.1, 0.15) is 5.01 Å². The van der Waals surface area contributed by atoms with E-state index in [2.05, 4.69) is 15.5 Å². The Labute approximate surface area is 112 Å². The van der Waals surface area contributed by atoms with Crippen LogP contribution in [-0.2, 0) is 0 Å². The van der Waals surface area contributed by atoms with Gasteiger partial charge in [-0.1, -0.05) is 11.3 Å². The van der Waals surface area contributed by atoms with Crippen LogP contribution in [0.1, 0.15) is 20.9 Å². The number of hydrogen-bond donors (Lipinski definition) is 1. The molecule has 2 aromatic rings. The Kier molecular flexibility index (Phi) is 3.52. The maximum atomic E-state index is 11.9. The molecule has 8 heteroatoms. The summed E-state index contributed by atoms with van der Waals surface area (Å²) in [5, 5.41) is 22.0. The van der Waals surface area contributed by atoms with Crippen molar-refractivity contribution in [1.82, 2.24) is 10.2 Å². The molecule has 0 spiro atoms. The van der Waals surface area contributed by atoms with E-state index in [0.717, 1.165) is 5.01 Å². The first-order chi connectivity index (χ1) is 8.97. The summed E-state index contributed by atoms with van der Waals surface area (Å²) in [5.74, 6) is -0.367. The van der Waals surface area contributed by atoms with Crippen LogP contribution in [0.5, 0.6) is 0 Å². The lowest BCUT2D eigenvalue weighted by atomic mass is 10.1. The Morgan fingerprint density at radius 2 is 2.11 bits per heavy atom. The fourth-order valence-electron chi connectivity index (χ4n) is 1.52. The summed E-state index contributed by atoms with van der Waals surface area (Å²) >= 11 is 1.26. The summed E-state index contributed by atoms with van der Waals surface area (Å²) in [4.78, 5) is 22.1. The monoisotopic (exact) mass is 278 g/mol. The van der Waals surface area contributed by atoms with Crippen molar-refractivity contribution in [3.05, 3.63) is 44.4 Å². The molecule has 1 aromatic heterocycles. The second-order valence-electron chi connectivity index (χ2n) is 3.84. The minimum Gasteiger partial charge on any atom is -0.296 e. The summed E-state index contributed by atoms with van der Waals surface area (Å²) in [6, 6.07) is 4.20. The lowest BCUT2D eigenvalue weighted by molar-refractivity contribution is -0.385. The number of benzene rings is 1. The van der Waals surface area contributed by atoms with Gasteiger partial charge in [-0.3, -0.25) is 20.2 Å². The van der Waals surface area contributed by atoms with Crippen LogP contribution in [0.2, 0.25) is 0 Å². The van der Waals surface area contributed by atoms with Gasteiger partial charge in [-0.05, 0) is 26.0 Å². The van der Waals surface area contributed by atoms with Crippen LogP contribution in [0, 0.1) is 24.0 Å². The molecular weight excluding hydrogens is 268 g/mol. The number of rotatable bonds is 3. The topological polar surface area (TPSA) is 98.0 Å². The molecule has 1 aromatic carbocycles. The standard InChI is InChI=1S/C11H10N4O3S/c1-6-5-8(3-4-9(6)15(17)18)10(16)12-11-14-13-7(2)19-11/h3-5H,1-2H3,(H,12,14,16). The van der Waals surface area contributed by atoms with E-state index in [1.807, 2.05) is 0 Å². The van der Waals surface area contributed by atoms with E-state index in [1.54, 1.807) is 13.8 Å². The zero-order chi connectivity index (χ0) is 14.0. The van der Waals surface area contributed by atoms with Crippen LogP contribution in [-0.4, -0.2) is 21.0 Å². The normalized spacial score (nSPS) is 10.2. The van der Waals surface area contributed by atoms with Crippen molar-refractivity contribution in [2.24, 2.45) is 0 Å². The Morgan fingerprint density at radius 1 is 1.37 bits per heavy atom. The summed E-state index contributed by atoms with van der Waals surface area (Å²) in [7, 11) is 0. The van der Waals surface area contributed by atoms with Gasteiger partial charge in [0.2, 0.25) is 5.13 Å². The predicted octanol–water partition coefficient (Wildman–Crippen LogP) is 2.32. The quantitative estimate of drug-likeness (QED) is 0.686. The summed E-state index contributed by atoms with van der Waals surface area (Å²) < 4.78 is 0. The first-order valence-electron chi connectivity index (χ1n) is 5.34. The predicted molar refractivity (Wildman–Crippen MR) is 70.4 cm³/mol. The fraction of sp³-hybridized carbons (Fsp3) is 0.182. The number of carbonyl (C=O) groups excluding carboxylic acids is 1. The number of hydrogen-bond acceptors (Lipinski definition) is 6. The van der Waals surface area contributed by atoms with E-state index < -0.39 is 4.92 Å². The second kappa shape index (κ2) is 5.11. The number of anilines is 1. The molecule has 19 heavy (non-hydrogen) atoms. The highest BCUT2D eigenvalue weighted by Crippen LogP contribution is 2.20. The molecule has 0 saturated heterocycles. The third kappa shape index (κ3) is 2.91. The Bertz CT molecular complexity index is 653. The molecule has 98 valence electrons. The molecule has 0 unspecified atom stereocenters. The third-order valence-corrected chi connectivity index (χ3v) is 3.16. The van der Waals surface area contributed by atoms with Crippen LogP contribution in [0.15, 0.2) is 18.2 Å². The van der Waals surface area contributed by atoms with Gasteiger partial charge in [0.25, 0.3) is 11.6 Å². The Morgan fingerprint density at radius 3 is 2.63 bits per heavy atom. The van der Waals surface area contributed by atoms with E-state index in [-0.39, 0.29) is 11.6 Å². The van der Waals surface area contributed by atoms with E-state index in [9.17, 15) is 14.9 Å². The van der Waals surface area contributed by atoms with Crippen LogP contribution in [0.25, 0.3) is 0 Å². The van der Waals surface area contributed by atoms with Gasteiger partial charge in [0, 0.05) is 17.2 Å². The highest BCUT2D eigenvalue weighted by Gasteiger charge is 2.14. The van der Waals surface area contributed by atoms with Crippen molar-refractivity contribution in [3.63, 3.8) is 0 Å². The maximum Gasteiger partial charge on any atom is 0.272 e. The molecule has 1 N–H and O–H groups in total. The van der Waals surface area contributed by atoms with E-state index >= 15 is 0 Å². The van der Waals surface area contributed by atoms with Gasteiger partial charge in [-0.2, -0.15) is 0 Å². The lowest BCUT2D eigenvalue weighted by Crippen LogP contribution is -2.12. The molecule has 0 aliphatic rings. The van der Waals surface area contributed by atoms with E-state index in [4.69, 9.17) is 0 Å². The molecule has 7 nitrogen and oxygen atoms in total. The average Bonchev–Trinajstić information content (AvgIpc) is 2.74. The number of carbonyl (C=O) groups is 1. The van der Waals surface area contributed by atoms with Crippen LogP contribution < -0.4 is 5.32 Å². The number of nitrogens with zero attached hydrogens (tertiary/aromatic N) is 3. The fourth-order valence-corrected chi connectivity index (χ4v) is 2.10. The molecular formula is C11H10N4O3S. The highest BCUT2D eigenvalue weighted by atomic mass is 32.1. The van der Waals surface area contributed by atoms with Gasteiger partial charge >= 0.3 is 0 Å². The van der Waals surface area contributed by atoms with Crippen LogP contribution in [0.3, 0.4) is 0 Å². The Hall–Kier alpha value is -2.35. The SMILES string of the molecule is Cc1nnc(NC(=O)c2ccc([N+](=O)[O-])c(C)c2)s1. The number of nitrogens with one attached hydrogen (secondary N) is 1. The molecule has 0 bridgehead atoms. The zero-order valence-corrected chi connectivity index (χ0v) is 11.0. The van der Waals surface area contributed by atoms with Gasteiger partial charge in [-0.25, -0.2) is 0 Å². The molecule has 1 amide bonds. The van der Waals surface area contributed by atoms with Crippen LogP contribution in [0.4, 0.5) is 10.8 Å². The van der Waals surface area contributed by atoms with Crippen molar-refractivity contribution in [2.45, 2.75) is 13.8 Å². The van der Waals surface area contributed by atoms with Crippen molar-refractivity contribution in [1.29, 1.82) is 0 Å². The number of nitro groups is 1. The molecule has 2 rings (SSSR count).